The second-order valence-electron chi connectivity index (χ2n) is 7.43. The van der Waals surface area contributed by atoms with E-state index in [2.05, 4.69) is 4.74 Å². The van der Waals surface area contributed by atoms with Gasteiger partial charge >= 0.3 is 33.1 Å². The van der Waals surface area contributed by atoms with Gasteiger partial charge in [-0.25, -0.2) is 0 Å². The minimum absolute atomic E-state index is 0.0232. The van der Waals surface area contributed by atoms with Crippen LogP contribution in [0.15, 0.2) is 0 Å². The first-order valence-corrected chi connectivity index (χ1v) is 14.3. The molecule has 1 atom stereocenters. The first kappa shape index (κ1) is 34.9. The van der Waals surface area contributed by atoms with E-state index in [1.807, 2.05) is 0 Å². The highest BCUT2D eigenvalue weighted by molar-refractivity contribution is 7.55. The first-order chi connectivity index (χ1) is 15.6. The van der Waals surface area contributed by atoms with Crippen LogP contribution in [0.2, 0.25) is 0 Å². The van der Waals surface area contributed by atoms with E-state index in [-0.39, 0.29) is 39.2 Å². The molecule has 0 aromatic heterocycles. The number of esters is 2. The van der Waals surface area contributed by atoms with E-state index in [4.69, 9.17) is 27.9 Å². The molecule has 1 unspecified atom stereocenters. The quantitative estimate of drug-likeness (QED) is 0.235. The molecule has 0 aliphatic heterocycles. The van der Waals surface area contributed by atoms with Gasteiger partial charge in [-0.2, -0.15) is 0 Å². The average Bonchev–Trinajstić information content (AvgIpc) is 2.65. The molecular formula is C20H40O12P2. The van der Waals surface area contributed by atoms with E-state index < -0.39 is 50.8 Å². The van der Waals surface area contributed by atoms with E-state index in [9.17, 15) is 23.5 Å². The lowest BCUT2D eigenvalue weighted by Gasteiger charge is -2.25. The number of ether oxygens (including phenoxy) is 2. The lowest BCUT2D eigenvalue weighted by atomic mass is 10.2. The van der Waals surface area contributed by atoms with Crippen LogP contribution >= 0.6 is 15.2 Å². The molecule has 0 aliphatic carbocycles. The molecule has 0 bridgehead atoms. The van der Waals surface area contributed by atoms with Crippen LogP contribution in [0.1, 0.15) is 61.8 Å². The monoisotopic (exact) mass is 534 g/mol. The molecule has 12 nitrogen and oxygen atoms in total. The zero-order valence-corrected chi connectivity index (χ0v) is 23.1. The van der Waals surface area contributed by atoms with E-state index in [0.29, 0.717) is 0 Å². The van der Waals surface area contributed by atoms with Gasteiger partial charge < -0.3 is 32.7 Å². The van der Waals surface area contributed by atoms with Crippen LogP contribution in [-0.2, 0) is 51.1 Å². The van der Waals surface area contributed by atoms with Crippen molar-refractivity contribution in [2.75, 3.05) is 39.2 Å². The molecule has 0 heterocycles. The van der Waals surface area contributed by atoms with Gasteiger partial charge in [0, 0.05) is 0 Å². The van der Waals surface area contributed by atoms with Crippen molar-refractivity contribution in [3.05, 3.63) is 0 Å². The Morgan fingerprint density at radius 1 is 0.765 bits per heavy atom. The van der Waals surface area contributed by atoms with Crippen molar-refractivity contribution < 1.29 is 56.2 Å². The molecule has 0 amide bonds. The third-order valence-corrected chi connectivity index (χ3v) is 7.70. The summed E-state index contributed by atoms with van der Waals surface area (Å²) in [5.74, 6) is -2.73. The lowest BCUT2D eigenvalue weighted by Crippen LogP contribution is -2.31. The van der Waals surface area contributed by atoms with E-state index >= 15 is 0 Å². The fourth-order valence-electron chi connectivity index (χ4n) is 2.34. The fourth-order valence-corrected chi connectivity index (χ4v) is 5.59. The van der Waals surface area contributed by atoms with Crippen LogP contribution in [0.3, 0.4) is 0 Å². The van der Waals surface area contributed by atoms with Crippen molar-refractivity contribution in [3.8, 4) is 0 Å². The summed E-state index contributed by atoms with van der Waals surface area (Å²) in [6.45, 7) is 14.0. The van der Waals surface area contributed by atoms with Gasteiger partial charge in [-0.3, -0.25) is 23.5 Å². The van der Waals surface area contributed by atoms with E-state index in [0.717, 1.165) is 0 Å². The summed E-state index contributed by atoms with van der Waals surface area (Å²) < 4.78 is 53.6. The SMILES string of the molecule is CCOC(=O)CP(=O)(OCC)OCC.CCOP(=O)(OCC)C(CC(=O)OC(C)(C)C)C(=O)O. The summed E-state index contributed by atoms with van der Waals surface area (Å²) in [5.41, 5.74) is -2.32. The molecule has 0 fully saturated rings. The van der Waals surface area contributed by atoms with Crippen molar-refractivity contribution in [3.63, 3.8) is 0 Å². The Morgan fingerprint density at radius 3 is 1.53 bits per heavy atom. The van der Waals surface area contributed by atoms with Crippen LogP contribution in [0.5, 0.6) is 0 Å². The van der Waals surface area contributed by atoms with Crippen molar-refractivity contribution in [1.29, 1.82) is 0 Å². The minimum atomic E-state index is -3.91. The van der Waals surface area contributed by atoms with Crippen molar-refractivity contribution in [2.45, 2.75) is 73.1 Å². The van der Waals surface area contributed by atoms with Crippen molar-refractivity contribution in [2.24, 2.45) is 0 Å². The summed E-state index contributed by atoms with van der Waals surface area (Å²) >= 11 is 0. The molecule has 0 rings (SSSR count). The van der Waals surface area contributed by atoms with Gasteiger partial charge in [0.05, 0.1) is 39.5 Å². The predicted octanol–water partition coefficient (Wildman–Crippen LogP) is 4.25. The van der Waals surface area contributed by atoms with Crippen molar-refractivity contribution in [1.82, 2.24) is 0 Å². The maximum Gasteiger partial charge on any atom is 0.345 e. The fraction of sp³-hybridized carbons (Fsp3) is 0.850. The predicted molar refractivity (Wildman–Crippen MR) is 125 cm³/mol. The minimum Gasteiger partial charge on any atom is -0.481 e. The Bertz CT molecular complexity index is 697. The molecular weight excluding hydrogens is 494 g/mol. The highest BCUT2D eigenvalue weighted by Gasteiger charge is 2.43. The van der Waals surface area contributed by atoms with Gasteiger partial charge in [-0.05, 0) is 55.4 Å². The Morgan fingerprint density at radius 2 is 1.21 bits per heavy atom. The molecule has 1 N–H and O–H groups in total. The van der Waals surface area contributed by atoms with Gasteiger partial charge in [0.25, 0.3) is 0 Å². The molecule has 0 spiro atoms. The first-order valence-electron chi connectivity index (χ1n) is 11.0. The number of carbonyl (C=O) groups is 3. The molecule has 0 radical (unpaired) electrons. The number of aliphatic carboxylic acids is 1. The second-order valence-corrected chi connectivity index (χ2v) is 11.7. The summed E-state index contributed by atoms with van der Waals surface area (Å²) in [5, 5.41) is 9.17. The zero-order chi connectivity index (χ0) is 27.0. The lowest BCUT2D eigenvalue weighted by molar-refractivity contribution is -0.157. The van der Waals surface area contributed by atoms with Crippen LogP contribution in [-0.4, -0.2) is 73.5 Å². The van der Waals surface area contributed by atoms with Crippen LogP contribution in [0.25, 0.3) is 0 Å². The summed E-state index contributed by atoms with van der Waals surface area (Å²) in [6.07, 6.45) is -0.883. The molecule has 0 saturated carbocycles. The number of rotatable bonds is 15. The third-order valence-electron chi connectivity index (χ3n) is 3.34. The van der Waals surface area contributed by atoms with Gasteiger partial charge in [-0.15, -0.1) is 0 Å². The highest BCUT2D eigenvalue weighted by atomic mass is 31.2. The van der Waals surface area contributed by atoms with Gasteiger partial charge in [0.2, 0.25) is 0 Å². The van der Waals surface area contributed by atoms with E-state index in [1.54, 1.807) is 55.4 Å². The number of carbonyl (C=O) groups excluding carboxylic acids is 2. The average molecular weight is 534 g/mol. The number of carboxylic acid groups (broad SMARTS) is 1. The van der Waals surface area contributed by atoms with Crippen LogP contribution < -0.4 is 0 Å². The maximum absolute atomic E-state index is 12.4. The van der Waals surface area contributed by atoms with Crippen LogP contribution in [0, 0.1) is 0 Å². The summed E-state index contributed by atoms with van der Waals surface area (Å²) in [6, 6.07) is 0. The van der Waals surface area contributed by atoms with Crippen LogP contribution in [0.4, 0.5) is 0 Å². The third kappa shape index (κ3) is 15.6. The zero-order valence-electron chi connectivity index (χ0n) is 21.4. The Hall–Kier alpha value is -1.29. The second kappa shape index (κ2) is 17.2. The smallest absolute Gasteiger partial charge is 0.345 e. The van der Waals surface area contributed by atoms with E-state index in [1.165, 1.54) is 0 Å². The summed E-state index contributed by atoms with van der Waals surface area (Å²) in [7, 11) is -7.19. The van der Waals surface area contributed by atoms with Gasteiger partial charge in [0.15, 0.2) is 5.66 Å². The van der Waals surface area contributed by atoms with Gasteiger partial charge in [-0.1, -0.05) is 0 Å². The Balaban J connectivity index is 0. The normalized spacial score (nSPS) is 12.8. The molecule has 0 saturated heterocycles. The standard InChI is InChI=1S/C12H23O7P.C8H17O5P/c1-6-17-20(16,18-7-2)9(11(14)15)8-10(13)19-12(3,4)5;1-4-11-8(9)7-14(10,12-5-2)13-6-3/h9H,6-8H2,1-5H3,(H,14,15);4-7H2,1-3H3. The highest BCUT2D eigenvalue weighted by Crippen LogP contribution is 2.54. The largest absolute Gasteiger partial charge is 0.481 e. The van der Waals surface area contributed by atoms with Crippen molar-refractivity contribution >= 4 is 33.1 Å². The Kier molecular flexibility index (Phi) is 17.6. The molecule has 14 heteroatoms. The maximum atomic E-state index is 12.4. The molecule has 0 aliphatic rings. The number of hydrogen-bond acceptors (Lipinski definition) is 11. The number of carboxylic acids is 1. The summed E-state index contributed by atoms with van der Waals surface area (Å²) in [4.78, 5) is 34.0. The molecule has 0 aromatic carbocycles. The topological polar surface area (TPSA) is 161 Å². The van der Waals surface area contributed by atoms with Gasteiger partial charge in [0.1, 0.15) is 11.8 Å². The molecule has 202 valence electrons. The molecule has 0 aromatic rings. The number of hydrogen-bond donors (Lipinski definition) is 1. The Labute approximate surface area is 202 Å². The molecule has 34 heavy (non-hydrogen) atoms.